The second-order valence-electron chi connectivity index (χ2n) is 6.57. The highest BCUT2D eigenvalue weighted by Gasteiger charge is 2.15. The lowest BCUT2D eigenvalue weighted by molar-refractivity contribution is 1.10. The molecule has 0 bridgehead atoms. The van der Waals surface area contributed by atoms with Crippen molar-refractivity contribution in [2.24, 2.45) is 10.2 Å². The molecule has 4 aromatic rings. The topological polar surface area (TPSA) is 42.0 Å². The van der Waals surface area contributed by atoms with Gasteiger partial charge < -0.3 is 0 Å². The fourth-order valence-electron chi connectivity index (χ4n) is 2.91. The SMILES string of the molecule is Cc1ccc(N=Nc2c(-c3ccc(C)cc3)nc3c(C)cccn23)cc1. The van der Waals surface area contributed by atoms with E-state index in [1.165, 1.54) is 11.1 Å². The van der Waals surface area contributed by atoms with Crippen LogP contribution in [0.5, 0.6) is 0 Å². The van der Waals surface area contributed by atoms with Gasteiger partial charge in [-0.05, 0) is 44.5 Å². The number of aryl methyl sites for hydroxylation is 3. The Bertz CT molecular complexity index is 1090. The number of nitrogens with zero attached hydrogens (tertiary/aromatic N) is 4. The van der Waals surface area contributed by atoms with E-state index in [4.69, 9.17) is 4.98 Å². The third-order valence-corrected chi connectivity index (χ3v) is 4.44. The summed E-state index contributed by atoms with van der Waals surface area (Å²) in [7, 11) is 0. The monoisotopic (exact) mass is 340 g/mol. The summed E-state index contributed by atoms with van der Waals surface area (Å²) >= 11 is 0. The summed E-state index contributed by atoms with van der Waals surface area (Å²) in [6.45, 7) is 6.20. The lowest BCUT2D eigenvalue weighted by atomic mass is 10.1. The Balaban J connectivity index is 1.88. The molecular weight excluding hydrogens is 320 g/mol. The molecule has 4 heteroatoms. The lowest BCUT2D eigenvalue weighted by Crippen LogP contribution is -1.85. The molecule has 0 amide bonds. The van der Waals surface area contributed by atoms with E-state index >= 15 is 0 Å². The molecule has 0 saturated heterocycles. The maximum absolute atomic E-state index is 4.85. The Morgan fingerprint density at radius 3 is 2.12 bits per heavy atom. The van der Waals surface area contributed by atoms with Gasteiger partial charge in [0.2, 0.25) is 0 Å². The van der Waals surface area contributed by atoms with Gasteiger partial charge in [-0.3, -0.25) is 4.40 Å². The molecule has 0 aliphatic carbocycles. The highest BCUT2D eigenvalue weighted by Crippen LogP contribution is 2.33. The van der Waals surface area contributed by atoms with E-state index < -0.39 is 0 Å². The fraction of sp³-hybridized carbons (Fsp3) is 0.136. The summed E-state index contributed by atoms with van der Waals surface area (Å²) in [6, 6.07) is 20.4. The number of pyridine rings is 1. The maximum atomic E-state index is 4.85. The van der Waals surface area contributed by atoms with Gasteiger partial charge in [0.1, 0.15) is 11.3 Å². The number of benzene rings is 2. The van der Waals surface area contributed by atoms with Gasteiger partial charge in [-0.2, -0.15) is 0 Å². The molecule has 0 spiro atoms. The van der Waals surface area contributed by atoms with Crippen LogP contribution in [0.15, 0.2) is 77.1 Å². The minimum absolute atomic E-state index is 0.744. The number of rotatable bonds is 3. The smallest absolute Gasteiger partial charge is 0.187 e. The third-order valence-electron chi connectivity index (χ3n) is 4.44. The van der Waals surface area contributed by atoms with Gasteiger partial charge in [0.15, 0.2) is 5.82 Å². The van der Waals surface area contributed by atoms with Crippen molar-refractivity contribution in [1.29, 1.82) is 0 Å². The summed E-state index contributed by atoms with van der Waals surface area (Å²) in [5.41, 5.74) is 7.14. The van der Waals surface area contributed by atoms with Gasteiger partial charge in [0.25, 0.3) is 0 Å². The second-order valence-corrected chi connectivity index (χ2v) is 6.57. The Labute approximate surface area is 152 Å². The van der Waals surface area contributed by atoms with Crippen molar-refractivity contribution in [1.82, 2.24) is 9.38 Å². The first-order valence-corrected chi connectivity index (χ1v) is 8.65. The van der Waals surface area contributed by atoms with Gasteiger partial charge in [0.05, 0.1) is 5.69 Å². The standard InChI is InChI=1S/C22H20N4/c1-15-6-10-18(11-7-15)20-22(25-24-19-12-8-16(2)9-13-19)26-14-4-5-17(3)21(26)23-20/h4-14H,1-3H3. The number of imidazole rings is 1. The van der Waals surface area contributed by atoms with Crippen LogP contribution in [0.3, 0.4) is 0 Å². The predicted molar refractivity (Wildman–Crippen MR) is 105 cm³/mol. The number of fused-ring (bicyclic) bond motifs is 1. The van der Waals surface area contributed by atoms with Crippen LogP contribution in [-0.2, 0) is 0 Å². The molecule has 0 aliphatic heterocycles. The molecule has 0 unspecified atom stereocenters. The first-order valence-electron chi connectivity index (χ1n) is 8.65. The van der Waals surface area contributed by atoms with Crippen LogP contribution < -0.4 is 0 Å². The van der Waals surface area contributed by atoms with E-state index in [1.807, 2.05) is 40.9 Å². The average Bonchev–Trinajstić information content (AvgIpc) is 3.02. The van der Waals surface area contributed by atoms with Gasteiger partial charge in [-0.1, -0.05) is 53.6 Å². The van der Waals surface area contributed by atoms with Crippen molar-refractivity contribution in [3.63, 3.8) is 0 Å². The molecule has 0 saturated carbocycles. The predicted octanol–water partition coefficient (Wildman–Crippen LogP) is 6.34. The molecule has 128 valence electrons. The van der Waals surface area contributed by atoms with Crippen LogP contribution in [0, 0.1) is 20.8 Å². The largest absolute Gasteiger partial charge is 0.282 e. The fourth-order valence-corrected chi connectivity index (χ4v) is 2.91. The van der Waals surface area contributed by atoms with Gasteiger partial charge in [-0.25, -0.2) is 4.98 Å². The van der Waals surface area contributed by atoms with Crippen LogP contribution in [0.4, 0.5) is 11.5 Å². The molecule has 2 aromatic carbocycles. The van der Waals surface area contributed by atoms with Crippen molar-refractivity contribution in [2.45, 2.75) is 20.8 Å². The Morgan fingerprint density at radius 2 is 1.42 bits per heavy atom. The highest BCUT2D eigenvalue weighted by atomic mass is 15.2. The van der Waals surface area contributed by atoms with E-state index in [9.17, 15) is 0 Å². The Morgan fingerprint density at radius 1 is 0.769 bits per heavy atom. The maximum Gasteiger partial charge on any atom is 0.187 e. The minimum Gasteiger partial charge on any atom is -0.282 e. The summed E-state index contributed by atoms with van der Waals surface area (Å²) < 4.78 is 2.00. The van der Waals surface area contributed by atoms with Gasteiger partial charge >= 0.3 is 0 Å². The lowest BCUT2D eigenvalue weighted by Gasteiger charge is -2.01. The van der Waals surface area contributed by atoms with E-state index in [0.29, 0.717) is 0 Å². The van der Waals surface area contributed by atoms with Crippen molar-refractivity contribution >= 4 is 17.2 Å². The van der Waals surface area contributed by atoms with Crippen LogP contribution in [0.25, 0.3) is 16.9 Å². The third kappa shape index (κ3) is 3.02. The summed E-state index contributed by atoms with van der Waals surface area (Å²) in [5.74, 6) is 0.744. The summed E-state index contributed by atoms with van der Waals surface area (Å²) in [6.07, 6.45) is 1.98. The Kier molecular flexibility index (Phi) is 4.09. The summed E-state index contributed by atoms with van der Waals surface area (Å²) in [5, 5.41) is 9.00. The van der Waals surface area contributed by atoms with Crippen LogP contribution in [0.1, 0.15) is 16.7 Å². The van der Waals surface area contributed by atoms with Crippen LogP contribution in [0.2, 0.25) is 0 Å². The normalized spacial score (nSPS) is 11.5. The Hall–Kier alpha value is -3.27. The average molecular weight is 340 g/mol. The zero-order valence-electron chi connectivity index (χ0n) is 15.1. The molecule has 2 aromatic heterocycles. The molecule has 0 N–H and O–H groups in total. The van der Waals surface area contributed by atoms with E-state index in [1.54, 1.807) is 0 Å². The number of aromatic nitrogens is 2. The molecule has 4 rings (SSSR count). The molecule has 0 aliphatic rings. The molecule has 0 atom stereocenters. The van der Waals surface area contributed by atoms with Gasteiger partial charge in [0, 0.05) is 11.8 Å². The molecule has 4 nitrogen and oxygen atoms in total. The van der Waals surface area contributed by atoms with Crippen molar-refractivity contribution in [3.8, 4) is 11.3 Å². The van der Waals surface area contributed by atoms with Crippen LogP contribution in [-0.4, -0.2) is 9.38 Å². The molecule has 26 heavy (non-hydrogen) atoms. The quantitative estimate of drug-likeness (QED) is 0.401. The minimum atomic E-state index is 0.744. The number of hydrogen-bond donors (Lipinski definition) is 0. The first kappa shape index (κ1) is 16.2. The number of hydrogen-bond acceptors (Lipinski definition) is 3. The molecule has 2 heterocycles. The molecular formula is C22H20N4. The molecule has 0 fully saturated rings. The molecule has 0 radical (unpaired) electrons. The van der Waals surface area contributed by atoms with Crippen molar-refractivity contribution in [3.05, 3.63) is 83.6 Å². The zero-order valence-corrected chi connectivity index (χ0v) is 15.1. The summed E-state index contributed by atoms with van der Waals surface area (Å²) in [4.78, 5) is 4.85. The van der Waals surface area contributed by atoms with Crippen LogP contribution >= 0.6 is 0 Å². The first-order chi connectivity index (χ1) is 12.6. The van der Waals surface area contributed by atoms with E-state index in [-0.39, 0.29) is 0 Å². The highest BCUT2D eigenvalue weighted by molar-refractivity contribution is 5.75. The van der Waals surface area contributed by atoms with Gasteiger partial charge in [-0.15, -0.1) is 10.2 Å². The van der Waals surface area contributed by atoms with Crippen molar-refractivity contribution < 1.29 is 0 Å². The van der Waals surface area contributed by atoms with E-state index in [2.05, 4.69) is 61.3 Å². The number of azo groups is 1. The second kappa shape index (κ2) is 6.56. The van der Waals surface area contributed by atoms with Crippen molar-refractivity contribution in [2.75, 3.05) is 0 Å². The van der Waals surface area contributed by atoms with E-state index in [0.717, 1.165) is 34.0 Å². The zero-order chi connectivity index (χ0) is 18.1.